The van der Waals surface area contributed by atoms with Gasteiger partial charge in [-0.25, -0.2) is 9.18 Å². The molecule has 7 nitrogen and oxygen atoms in total. The third kappa shape index (κ3) is 6.05. The molecular weight excluding hydrogens is 446 g/mol. The number of hydrogen-bond acceptors (Lipinski definition) is 4. The fourth-order valence-corrected chi connectivity index (χ4v) is 3.83. The molecule has 4 rings (SSSR count). The van der Waals surface area contributed by atoms with Gasteiger partial charge >= 0.3 is 12.1 Å². The second kappa shape index (κ2) is 9.55. The molecule has 2 heterocycles. The fraction of sp³-hybridized carbons (Fsp3) is 0.364. The van der Waals surface area contributed by atoms with E-state index in [-0.39, 0.29) is 29.0 Å². The zero-order valence-corrected chi connectivity index (χ0v) is 17.3. The molecule has 33 heavy (non-hydrogen) atoms. The van der Waals surface area contributed by atoms with Gasteiger partial charge in [0.05, 0.1) is 0 Å². The maximum absolute atomic E-state index is 13.0. The van der Waals surface area contributed by atoms with Gasteiger partial charge in [0.15, 0.2) is 0 Å². The number of hydrogen-bond donors (Lipinski definition) is 2. The lowest BCUT2D eigenvalue weighted by Crippen LogP contribution is -2.31. The van der Waals surface area contributed by atoms with Crippen molar-refractivity contribution in [1.82, 2.24) is 15.2 Å². The Morgan fingerprint density at radius 2 is 1.73 bits per heavy atom. The largest absolute Gasteiger partial charge is 0.490 e. The van der Waals surface area contributed by atoms with Crippen molar-refractivity contribution >= 4 is 17.8 Å². The molecule has 1 aromatic heterocycles. The predicted octanol–water partition coefficient (Wildman–Crippen LogP) is 3.02. The molecule has 1 spiro atoms. The average Bonchev–Trinajstić information content (AvgIpc) is 3.32. The van der Waals surface area contributed by atoms with Crippen LogP contribution in [0.3, 0.4) is 0 Å². The second-order valence-corrected chi connectivity index (χ2v) is 7.98. The molecule has 2 N–H and O–H groups in total. The monoisotopic (exact) mass is 467 g/mol. The molecular formula is C22H21F4N3O4. The minimum atomic E-state index is -5.08. The number of aliphatic carboxylic acids is 1. The van der Waals surface area contributed by atoms with Gasteiger partial charge in [-0.1, -0.05) is 0 Å². The molecule has 2 atom stereocenters. The van der Waals surface area contributed by atoms with E-state index < -0.39 is 12.1 Å². The Morgan fingerprint density at radius 1 is 1.12 bits per heavy atom. The molecule has 11 heteroatoms. The first-order valence-electron chi connectivity index (χ1n) is 10.0. The lowest BCUT2D eigenvalue weighted by molar-refractivity contribution is -0.192. The molecule has 0 bridgehead atoms. The number of aromatic nitrogens is 1. The summed E-state index contributed by atoms with van der Waals surface area (Å²) in [6, 6.07) is 9.36. The number of rotatable bonds is 4. The topological polar surface area (TPSA) is 99.6 Å². The van der Waals surface area contributed by atoms with Crippen LogP contribution in [0, 0.1) is 17.2 Å². The summed E-state index contributed by atoms with van der Waals surface area (Å²) < 4.78 is 44.8. The van der Waals surface area contributed by atoms with Gasteiger partial charge in [0, 0.05) is 48.9 Å². The number of carbonyl (C=O) groups excluding carboxylic acids is 2. The van der Waals surface area contributed by atoms with Gasteiger partial charge < -0.3 is 15.3 Å². The summed E-state index contributed by atoms with van der Waals surface area (Å²) in [5, 5.41) is 10.1. The van der Waals surface area contributed by atoms with Crippen molar-refractivity contribution in [3.8, 4) is 0 Å². The van der Waals surface area contributed by atoms with Crippen LogP contribution in [0.2, 0.25) is 0 Å². The third-order valence-corrected chi connectivity index (χ3v) is 5.73. The van der Waals surface area contributed by atoms with E-state index in [0.717, 1.165) is 18.4 Å². The number of benzene rings is 1. The quantitative estimate of drug-likeness (QED) is 0.674. The van der Waals surface area contributed by atoms with Gasteiger partial charge in [0.1, 0.15) is 5.82 Å². The minimum absolute atomic E-state index is 0.0321. The Morgan fingerprint density at radius 3 is 2.30 bits per heavy atom. The van der Waals surface area contributed by atoms with Crippen molar-refractivity contribution in [1.29, 1.82) is 0 Å². The lowest BCUT2D eigenvalue weighted by atomic mass is 10.0. The van der Waals surface area contributed by atoms with Gasteiger partial charge in [-0.3, -0.25) is 14.6 Å². The standard InChI is InChI=1S/C20H20FN3O2.C2HF3O2/c21-16-3-1-15(2-4-16)19(26)24-10-7-20(13-24)11-17(20)18(25)23-12-14-5-8-22-9-6-14;3-2(4,5)1(6)7/h1-6,8-9,17H,7,10-13H2,(H,23,25);(H,6,7). The summed E-state index contributed by atoms with van der Waals surface area (Å²) >= 11 is 0. The van der Waals surface area contributed by atoms with E-state index in [0.29, 0.717) is 25.2 Å². The van der Waals surface area contributed by atoms with Gasteiger partial charge in [0.25, 0.3) is 5.91 Å². The van der Waals surface area contributed by atoms with Gasteiger partial charge in [0.2, 0.25) is 5.91 Å². The molecule has 2 amide bonds. The number of halogens is 4. The molecule has 1 aliphatic heterocycles. The van der Waals surface area contributed by atoms with Crippen LogP contribution in [0.5, 0.6) is 0 Å². The molecule has 176 valence electrons. The molecule has 1 aromatic carbocycles. The van der Waals surface area contributed by atoms with E-state index in [9.17, 15) is 27.2 Å². The number of amides is 2. The average molecular weight is 467 g/mol. The van der Waals surface area contributed by atoms with Crippen molar-refractivity contribution in [2.75, 3.05) is 13.1 Å². The smallest absolute Gasteiger partial charge is 0.475 e. The van der Waals surface area contributed by atoms with E-state index in [1.54, 1.807) is 17.3 Å². The first kappa shape index (κ1) is 24.1. The number of alkyl halides is 3. The number of nitrogens with zero attached hydrogens (tertiary/aromatic N) is 2. The first-order chi connectivity index (χ1) is 15.5. The summed E-state index contributed by atoms with van der Waals surface area (Å²) in [6.45, 7) is 1.73. The highest BCUT2D eigenvalue weighted by molar-refractivity contribution is 5.94. The van der Waals surface area contributed by atoms with Crippen LogP contribution in [0.4, 0.5) is 17.6 Å². The normalized spacial score (nSPS) is 21.2. The molecule has 2 aliphatic rings. The summed E-state index contributed by atoms with van der Waals surface area (Å²) in [7, 11) is 0. The van der Waals surface area contributed by atoms with Crippen molar-refractivity contribution in [3.05, 3.63) is 65.7 Å². The van der Waals surface area contributed by atoms with Gasteiger partial charge in [-0.15, -0.1) is 0 Å². The molecule has 1 aliphatic carbocycles. The van der Waals surface area contributed by atoms with Crippen molar-refractivity contribution in [3.63, 3.8) is 0 Å². The van der Waals surface area contributed by atoms with Crippen molar-refractivity contribution in [2.45, 2.75) is 25.6 Å². The number of carboxylic acids is 1. The number of carbonyl (C=O) groups is 3. The maximum Gasteiger partial charge on any atom is 0.490 e. The minimum Gasteiger partial charge on any atom is -0.475 e. The number of pyridine rings is 1. The van der Waals surface area contributed by atoms with Gasteiger partial charge in [-0.2, -0.15) is 13.2 Å². The number of carboxylic acid groups (broad SMARTS) is 1. The third-order valence-electron chi connectivity index (χ3n) is 5.73. The van der Waals surface area contributed by atoms with E-state index in [1.807, 2.05) is 12.1 Å². The van der Waals surface area contributed by atoms with Crippen molar-refractivity contribution < 1.29 is 37.1 Å². The molecule has 0 radical (unpaired) electrons. The summed E-state index contributed by atoms with van der Waals surface area (Å²) in [5.41, 5.74) is 1.42. The molecule has 1 saturated carbocycles. The van der Waals surface area contributed by atoms with Crippen LogP contribution in [0.1, 0.15) is 28.8 Å². The molecule has 2 fully saturated rings. The zero-order valence-electron chi connectivity index (χ0n) is 17.3. The van der Waals surface area contributed by atoms with E-state index >= 15 is 0 Å². The van der Waals surface area contributed by atoms with Crippen LogP contribution < -0.4 is 5.32 Å². The second-order valence-electron chi connectivity index (χ2n) is 7.98. The predicted molar refractivity (Wildman–Crippen MR) is 107 cm³/mol. The highest BCUT2D eigenvalue weighted by Gasteiger charge is 2.61. The van der Waals surface area contributed by atoms with Crippen LogP contribution in [-0.2, 0) is 16.1 Å². The highest BCUT2D eigenvalue weighted by Crippen LogP contribution is 2.58. The van der Waals surface area contributed by atoms with Crippen LogP contribution >= 0.6 is 0 Å². The Labute approximate surface area is 186 Å². The Kier molecular flexibility index (Phi) is 6.99. The fourth-order valence-electron chi connectivity index (χ4n) is 3.83. The van der Waals surface area contributed by atoms with Crippen LogP contribution in [-0.4, -0.2) is 52.0 Å². The SMILES string of the molecule is O=C(NCc1ccncc1)C1CC12CCN(C(=O)c1ccc(F)cc1)C2.O=C(O)C(F)(F)F. The van der Waals surface area contributed by atoms with Crippen LogP contribution in [0.15, 0.2) is 48.8 Å². The Balaban J connectivity index is 0.000000383. The Bertz CT molecular complexity index is 1010. The molecule has 2 unspecified atom stereocenters. The number of nitrogens with one attached hydrogen (secondary N) is 1. The highest BCUT2D eigenvalue weighted by atomic mass is 19.4. The molecule has 2 aromatic rings. The molecule has 1 saturated heterocycles. The van der Waals surface area contributed by atoms with Crippen molar-refractivity contribution in [2.24, 2.45) is 11.3 Å². The van der Waals surface area contributed by atoms with Crippen LogP contribution in [0.25, 0.3) is 0 Å². The van der Waals surface area contributed by atoms with E-state index in [2.05, 4.69) is 10.3 Å². The number of likely N-dealkylation sites (tertiary alicyclic amines) is 1. The Hall–Kier alpha value is -3.50. The maximum atomic E-state index is 13.0. The summed E-state index contributed by atoms with van der Waals surface area (Å²) in [6.07, 6.45) is -0.0122. The van der Waals surface area contributed by atoms with Gasteiger partial charge in [-0.05, 0) is 54.8 Å². The lowest BCUT2D eigenvalue weighted by Gasteiger charge is -2.17. The van der Waals surface area contributed by atoms with E-state index in [1.165, 1.54) is 24.3 Å². The zero-order chi connectivity index (χ0) is 24.2. The summed E-state index contributed by atoms with van der Waals surface area (Å²) in [5.74, 6) is -3.18. The summed E-state index contributed by atoms with van der Waals surface area (Å²) in [4.78, 5) is 39.6. The first-order valence-corrected chi connectivity index (χ1v) is 10.0. The van der Waals surface area contributed by atoms with E-state index in [4.69, 9.17) is 9.90 Å².